The average Bonchev–Trinajstić information content (AvgIpc) is 2.34. The van der Waals surface area contributed by atoms with Crippen molar-refractivity contribution >= 4 is 11.7 Å². The molecular weight excluding hydrogens is 218 g/mol. The lowest BCUT2D eigenvalue weighted by atomic mass is 10.1. The lowest BCUT2D eigenvalue weighted by Crippen LogP contribution is -2.08. The fourth-order valence-corrected chi connectivity index (χ4v) is 1.35. The molecule has 0 amide bonds. The fraction of sp³-hybridized carbons (Fsp3) is 0.231. The molecule has 0 bridgehead atoms. The number of ether oxygens (including phenoxy) is 1. The maximum atomic E-state index is 10.6. The summed E-state index contributed by atoms with van der Waals surface area (Å²) in [6.07, 6.45) is 1.58. The largest absolute Gasteiger partial charge is 0.490 e. The molecule has 0 heterocycles. The Balaban J connectivity index is 2.78. The summed E-state index contributed by atoms with van der Waals surface area (Å²) in [5, 5.41) is 8.73. The Bertz CT molecular complexity index is 421. The SMILES string of the molecule is C=CCOc1ccc(C(CC(=O)O)=NC)cc1. The Morgan fingerprint density at radius 2 is 2.12 bits per heavy atom. The van der Waals surface area contributed by atoms with Crippen LogP contribution in [0.3, 0.4) is 0 Å². The number of carboxylic acid groups (broad SMARTS) is 1. The first-order valence-electron chi connectivity index (χ1n) is 5.19. The van der Waals surface area contributed by atoms with Crippen molar-refractivity contribution < 1.29 is 14.6 Å². The third-order valence-electron chi connectivity index (χ3n) is 2.14. The molecule has 17 heavy (non-hydrogen) atoms. The van der Waals surface area contributed by atoms with Crippen molar-refractivity contribution in [3.8, 4) is 5.75 Å². The molecule has 4 nitrogen and oxygen atoms in total. The van der Waals surface area contributed by atoms with Crippen LogP contribution in [0.15, 0.2) is 41.9 Å². The number of benzene rings is 1. The molecule has 0 aliphatic rings. The van der Waals surface area contributed by atoms with Gasteiger partial charge in [-0.1, -0.05) is 12.7 Å². The third-order valence-corrected chi connectivity index (χ3v) is 2.14. The van der Waals surface area contributed by atoms with Crippen LogP contribution >= 0.6 is 0 Å². The van der Waals surface area contributed by atoms with Crippen LogP contribution in [0.1, 0.15) is 12.0 Å². The summed E-state index contributed by atoms with van der Waals surface area (Å²) in [6, 6.07) is 7.16. The molecule has 0 unspecified atom stereocenters. The smallest absolute Gasteiger partial charge is 0.309 e. The van der Waals surface area contributed by atoms with E-state index in [9.17, 15) is 4.79 Å². The van der Waals surface area contributed by atoms with Crippen molar-refractivity contribution in [1.82, 2.24) is 0 Å². The second-order valence-electron chi connectivity index (χ2n) is 3.36. The minimum Gasteiger partial charge on any atom is -0.490 e. The van der Waals surface area contributed by atoms with E-state index in [0.29, 0.717) is 12.3 Å². The van der Waals surface area contributed by atoms with E-state index < -0.39 is 5.97 Å². The van der Waals surface area contributed by atoms with Crippen LogP contribution in [0, 0.1) is 0 Å². The molecule has 1 aromatic carbocycles. The maximum absolute atomic E-state index is 10.6. The zero-order chi connectivity index (χ0) is 12.7. The number of hydrogen-bond donors (Lipinski definition) is 1. The van der Waals surface area contributed by atoms with E-state index in [1.807, 2.05) is 0 Å². The number of aliphatic carboxylic acids is 1. The van der Waals surface area contributed by atoms with Gasteiger partial charge in [0.05, 0.1) is 12.1 Å². The summed E-state index contributed by atoms with van der Waals surface area (Å²) in [7, 11) is 1.58. The van der Waals surface area contributed by atoms with Crippen LogP contribution < -0.4 is 4.74 Å². The summed E-state index contributed by atoms with van der Waals surface area (Å²) >= 11 is 0. The van der Waals surface area contributed by atoms with E-state index in [1.54, 1.807) is 37.4 Å². The van der Waals surface area contributed by atoms with E-state index in [0.717, 1.165) is 11.3 Å². The Morgan fingerprint density at radius 1 is 1.47 bits per heavy atom. The summed E-state index contributed by atoms with van der Waals surface area (Å²) in [5.41, 5.74) is 1.34. The standard InChI is InChI=1S/C13H15NO3/c1-3-8-17-11-6-4-10(5-7-11)12(14-2)9-13(15)16/h3-7H,1,8-9H2,2H3,(H,15,16). The molecule has 0 atom stereocenters. The second-order valence-corrected chi connectivity index (χ2v) is 3.36. The third kappa shape index (κ3) is 4.10. The molecular formula is C13H15NO3. The molecule has 1 rings (SSSR count). The van der Waals surface area contributed by atoms with E-state index in [2.05, 4.69) is 11.6 Å². The molecule has 0 spiro atoms. The number of rotatable bonds is 6. The topological polar surface area (TPSA) is 58.9 Å². The van der Waals surface area contributed by atoms with E-state index >= 15 is 0 Å². The van der Waals surface area contributed by atoms with Gasteiger partial charge in [-0.15, -0.1) is 0 Å². The molecule has 1 aromatic rings. The predicted octanol–water partition coefficient (Wildman–Crippen LogP) is 2.15. The Morgan fingerprint density at radius 3 is 2.59 bits per heavy atom. The van der Waals surface area contributed by atoms with Crippen LogP contribution in [0.4, 0.5) is 0 Å². The lowest BCUT2D eigenvalue weighted by Gasteiger charge is -2.06. The summed E-state index contributed by atoms with van der Waals surface area (Å²) in [6.45, 7) is 4.01. The molecule has 90 valence electrons. The first-order chi connectivity index (χ1) is 8.17. The van der Waals surface area contributed by atoms with Gasteiger partial charge in [0.2, 0.25) is 0 Å². The summed E-state index contributed by atoms with van der Waals surface area (Å²) < 4.78 is 5.33. The van der Waals surface area contributed by atoms with Crippen molar-refractivity contribution in [1.29, 1.82) is 0 Å². The normalized spacial score (nSPS) is 11.0. The van der Waals surface area contributed by atoms with Gasteiger partial charge in [0.1, 0.15) is 12.4 Å². The van der Waals surface area contributed by atoms with Gasteiger partial charge in [0, 0.05) is 7.05 Å². The first-order valence-corrected chi connectivity index (χ1v) is 5.19. The molecule has 0 radical (unpaired) electrons. The minimum absolute atomic E-state index is 0.0800. The Kier molecular flexibility index (Phi) is 4.94. The van der Waals surface area contributed by atoms with Gasteiger partial charge in [0.25, 0.3) is 0 Å². The molecule has 0 fully saturated rings. The van der Waals surface area contributed by atoms with Gasteiger partial charge in [-0.2, -0.15) is 0 Å². The molecule has 4 heteroatoms. The fourth-order valence-electron chi connectivity index (χ4n) is 1.35. The highest BCUT2D eigenvalue weighted by Gasteiger charge is 2.07. The highest BCUT2D eigenvalue weighted by atomic mass is 16.5. The van der Waals surface area contributed by atoms with E-state index in [1.165, 1.54) is 0 Å². The number of carbonyl (C=O) groups is 1. The van der Waals surface area contributed by atoms with Crippen molar-refractivity contribution in [2.24, 2.45) is 4.99 Å². The molecule has 0 aromatic heterocycles. The van der Waals surface area contributed by atoms with Crippen LogP contribution in [0.25, 0.3) is 0 Å². The number of aliphatic imine (C=N–C) groups is 1. The zero-order valence-electron chi connectivity index (χ0n) is 9.72. The van der Waals surface area contributed by atoms with Crippen molar-refractivity contribution in [3.05, 3.63) is 42.5 Å². The molecule has 0 aliphatic carbocycles. The van der Waals surface area contributed by atoms with Crippen molar-refractivity contribution in [2.75, 3.05) is 13.7 Å². The second kappa shape index (κ2) is 6.48. The summed E-state index contributed by atoms with van der Waals surface area (Å²) in [4.78, 5) is 14.6. The van der Waals surface area contributed by atoms with Crippen molar-refractivity contribution in [2.45, 2.75) is 6.42 Å². The first kappa shape index (κ1) is 13.0. The Hall–Kier alpha value is -2.10. The van der Waals surface area contributed by atoms with Crippen LogP contribution in [0.5, 0.6) is 5.75 Å². The number of hydrogen-bond acceptors (Lipinski definition) is 3. The minimum atomic E-state index is -0.891. The van der Waals surface area contributed by atoms with Crippen LogP contribution in [-0.2, 0) is 4.79 Å². The molecule has 1 N–H and O–H groups in total. The highest BCUT2D eigenvalue weighted by Crippen LogP contribution is 2.14. The van der Waals surface area contributed by atoms with Gasteiger partial charge in [0.15, 0.2) is 0 Å². The quantitative estimate of drug-likeness (QED) is 0.605. The average molecular weight is 233 g/mol. The lowest BCUT2D eigenvalue weighted by molar-refractivity contribution is -0.135. The van der Waals surface area contributed by atoms with E-state index in [-0.39, 0.29) is 6.42 Å². The van der Waals surface area contributed by atoms with Crippen LogP contribution in [0.2, 0.25) is 0 Å². The molecule has 0 aliphatic heterocycles. The maximum Gasteiger partial charge on any atom is 0.309 e. The van der Waals surface area contributed by atoms with Crippen LogP contribution in [-0.4, -0.2) is 30.4 Å². The predicted molar refractivity (Wildman–Crippen MR) is 66.8 cm³/mol. The van der Waals surface area contributed by atoms with Gasteiger partial charge in [-0.05, 0) is 29.8 Å². The van der Waals surface area contributed by atoms with E-state index in [4.69, 9.17) is 9.84 Å². The monoisotopic (exact) mass is 233 g/mol. The number of carboxylic acids is 1. The molecule has 0 saturated heterocycles. The number of nitrogens with zero attached hydrogens (tertiary/aromatic N) is 1. The van der Waals surface area contributed by atoms with Gasteiger partial charge in [-0.3, -0.25) is 9.79 Å². The Labute approximate surface area is 100 Å². The zero-order valence-corrected chi connectivity index (χ0v) is 9.72. The van der Waals surface area contributed by atoms with Crippen molar-refractivity contribution in [3.63, 3.8) is 0 Å². The highest BCUT2D eigenvalue weighted by molar-refractivity contribution is 6.08. The summed E-state index contributed by atoms with van der Waals surface area (Å²) in [5.74, 6) is -0.169. The van der Waals surface area contributed by atoms with Gasteiger partial charge >= 0.3 is 5.97 Å². The molecule has 0 saturated carbocycles. The van der Waals surface area contributed by atoms with Gasteiger partial charge < -0.3 is 9.84 Å². The van der Waals surface area contributed by atoms with Gasteiger partial charge in [-0.25, -0.2) is 0 Å².